The first kappa shape index (κ1) is 26.6. The number of hydrogen-bond donors (Lipinski definition) is 1. The average Bonchev–Trinajstić information content (AvgIpc) is 2.89. The lowest BCUT2D eigenvalue weighted by Gasteiger charge is -2.31. The molecule has 1 amide bonds. The van der Waals surface area contributed by atoms with E-state index in [1.54, 1.807) is 24.3 Å². The zero-order valence-corrected chi connectivity index (χ0v) is 22.1. The van der Waals surface area contributed by atoms with Crippen molar-refractivity contribution in [3.8, 4) is 5.75 Å². The minimum atomic E-state index is -3.74. The summed E-state index contributed by atoms with van der Waals surface area (Å²) in [6.45, 7) is 2.66. The van der Waals surface area contributed by atoms with Gasteiger partial charge < -0.3 is 15.0 Å². The number of hydrogen-bond acceptors (Lipinski definition) is 7. The van der Waals surface area contributed by atoms with Gasteiger partial charge in [-0.15, -0.1) is 0 Å². The van der Waals surface area contributed by atoms with Gasteiger partial charge in [-0.05, 0) is 68.4 Å². The van der Waals surface area contributed by atoms with Crippen molar-refractivity contribution in [2.75, 3.05) is 58.7 Å². The summed E-state index contributed by atoms with van der Waals surface area (Å²) in [4.78, 5) is 15.4. The van der Waals surface area contributed by atoms with Crippen molar-refractivity contribution in [1.29, 1.82) is 0 Å². The van der Waals surface area contributed by atoms with Gasteiger partial charge in [-0.25, -0.2) is 16.8 Å². The summed E-state index contributed by atoms with van der Waals surface area (Å²) in [5.41, 5.74) is 0.465. The Kier molecular flexibility index (Phi) is 8.00. The van der Waals surface area contributed by atoms with E-state index < -0.39 is 26.0 Å². The molecule has 2 heterocycles. The van der Waals surface area contributed by atoms with Crippen LogP contribution in [-0.2, 0) is 24.8 Å². The number of ether oxygens (including phenoxy) is 1. The molecule has 2 aromatic rings. The number of carbonyl (C=O) groups is 1. The molecule has 12 heteroatoms. The van der Waals surface area contributed by atoms with Crippen LogP contribution in [0.15, 0.2) is 58.3 Å². The monoisotopic (exact) mass is 536 g/mol. The fourth-order valence-electron chi connectivity index (χ4n) is 4.40. The number of likely N-dealkylation sites (N-methyl/N-ethyl adjacent to an activating group) is 1. The van der Waals surface area contributed by atoms with Crippen LogP contribution in [0.2, 0.25) is 0 Å². The molecule has 0 saturated carbocycles. The summed E-state index contributed by atoms with van der Waals surface area (Å²) in [5.74, 6) is -0.243. The number of benzene rings is 2. The molecule has 196 valence electrons. The molecule has 10 nitrogen and oxygen atoms in total. The highest BCUT2D eigenvalue weighted by Gasteiger charge is 2.33. The molecular formula is C24H32N4O6S2. The van der Waals surface area contributed by atoms with Crippen LogP contribution < -0.4 is 10.1 Å². The molecule has 2 fully saturated rings. The number of carbonyl (C=O) groups excluding carboxylic acids is 1. The van der Waals surface area contributed by atoms with Crippen molar-refractivity contribution in [3.63, 3.8) is 0 Å². The van der Waals surface area contributed by atoms with Crippen molar-refractivity contribution in [2.24, 2.45) is 5.92 Å². The summed E-state index contributed by atoms with van der Waals surface area (Å²) in [6.07, 6.45) is 1.13. The Morgan fingerprint density at radius 2 is 1.39 bits per heavy atom. The molecule has 0 radical (unpaired) electrons. The number of piperidine rings is 1. The van der Waals surface area contributed by atoms with E-state index in [2.05, 4.69) is 10.2 Å². The first-order chi connectivity index (χ1) is 17.1. The second-order valence-corrected chi connectivity index (χ2v) is 13.0. The topological polar surface area (TPSA) is 116 Å². The lowest BCUT2D eigenvalue weighted by molar-refractivity contribution is -0.120. The minimum absolute atomic E-state index is 0.0794. The van der Waals surface area contributed by atoms with Gasteiger partial charge in [-0.1, -0.05) is 0 Å². The van der Waals surface area contributed by atoms with Crippen molar-refractivity contribution in [2.45, 2.75) is 22.6 Å². The van der Waals surface area contributed by atoms with Gasteiger partial charge in [0.2, 0.25) is 26.0 Å². The maximum absolute atomic E-state index is 13.1. The Labute approximate surface area is 212 Å². The molecule has 0 aromatic heterocycles. The molecule has 0 bridgehead atoms. The molecule has 2 aromatic carbocycles. The molecule has 1 unspecified atom stereocenters. The van der Waals surface area contributed by atoms with Gasteiger partial charge in [0.1, 0.15) is 5.75 Å². The Morgan fingerprint density at radius 1 is 0.833 bits per heavy atom. The van der Waals surface area contributed by atoms with Crippen LogP contribution in [0.1, 0.15) is 12.8 Å². The average molecular weight is 537 g/mol. The number of methoxy groups -OCH3 is 1. The van der Waals surface area contributed by atoms with Gasteiger partial charge >= 0.3 is 0 Å². The molecule has 36 heavy (non-hydrogen) atoms. The number of amides is 1. The highest BCUT2D eigenvalue weighted by Crippen LogP contribution is 2.26. The third-order valence-corrected chi connectivity index (χ3v) is 10.5. The van der Waals surface area contributed by atoms with Crippen LogP contribution in [0.5, 0.6) is 5.75 Å². The smallest absolute Gasteiger partial charge is 0.243 e. The van der Waals surface area contributed by atoms with E-state index in [4.69, 9.17) is 4.74 Å². The highest BCUT2D eigenvalue weighted by atomic mass is 32.2. The van der Waals surface area contributed by atoms with E-state index in [0.29, 0.717) is 57.0 Å². The molecule has 0 spiro atoms. The SMILES string of the molecule is COc1ccc(S(=O)(=O)N2CCCC(C(=O)Nc3ccc(S(=O)(=O)N4CCN(C)CC4)cc3)C2)cc1. The second-order valence-electron chi connectivity index (χ2n) is 9.10. The predicted octanol–water partition coefficient (Wildman–Crippen LogP) is 1.67. The predicted molar refractivity (Wildman–Crippen MR) is 136 cm³/mol. The summed E-state index contributed by atoms with van der Waals surface area (Å²) in [5, 5.41) is 2.81. The Hall–Kier alpha value is -2.51. The Morgan fingerprint density at radius 3 is 1.97 bits per heavy atom. The van der Waals surface area contributed by atoms with Gasteiger partial charge in [-0.3, -0.25) is 4.79 Å². The summed E-state index contributed by atoms with van der Waals surface area (Å²) in [7, 11) is -3.86. The standard InChI is InChI=1S/C24H32N4O6S2/c1-26-14-16-27(17-15-26)35(30,31)22-9-5-20(6-10-22)25-24(29)19-4-3-13-28(18-19)36(32,33)23-11-7-21(34-2)8-12-23/h5-12,19H,3-4,13-18H2,1-2H3,(H,25,29). The van der Waals surface area contributed by atoms with Gasteiger partial charge in [0.25, 0.3) is 0 Å². The van der Waals surface area contributed by atoms with E-state index in [-0.39, 0.29) is 22.2 Å². The summed E-state index contributed by atoms with van der Waals surface area (Å²) in [6, 6.07) is 12.3. The van der Waals surface area contributed by atoms with Crippen molar-refractivity contribution >= 4 is 31.6 Å². The molecule has 1 atom stereocenters. The minimum Gasteiger partial charge on any atom is -0.497 e. The maximum atomic E-state index is 13.1. The van der Waals surface area contributed by atoms with Gasteiger partial charge in [-0.2, -0.15) is 8.61 Å². The number of piperazine rings is 1. The summed E-state index contributed by atoms with van der Waals surface area (Å²) >= 11 is 0. The Balaban J connectivity index is 1.39. The molecule has 2 saturated heterocycles. The normalized spacial score (nSPS) is 20.7. The number of rotatable bonds is 7. The highest BCUT2D eigenvalue weighted by molar-refractivity contribution is 7.89. The van der Waals surface area contributed by atoms with Gasteiger partial charge in [0.05, 0.1) is 22.8 Å². The molecule has 4 rings (SSSR count). The third kappa shape index (κ3) is 5.73. The Bertz CT molecular complexity index is 1270. The first-order valence-electron chi connectivity index (χ1n) is 11.8. The number of nitrogens with one attached hydrogen (secondary N) is 1. The third-order valence-electron chi connectivity index (χ3n) is 6.67. The molecular weight excluding hydrogens is 504 g/mol. The zero-order valence-electron chi connectivity index (χ0n) is 20.5. The maximum Gasteiger partial charge on any atom is 0.243 e. The van der Waals surface area contributed by atoms with E-state index in [9.17, 15) is 21.6 Å². The van der Waals surface area contributed by atoms with Crippen LogP contribution in [0.4, 0.5) is 5.69 Å². The van der Waals surface area contributed by atoms with Gasteiger partial charge in [0, 0.05) is 45.0 Å². The summed E-state index contributed by atoms with van der Waals surface area (Å²) < 4.78 is 59.9. The van der Waals surface area contributed by atoms with Crippen LogP contribution in [0.3, 0.4) is 0 Å². The van der Waals surface area contributed by atoms with Crippen molar-refractivity contribution < 1.29 is 26.4 Å². The lowest BCUT2D eigenvalue weighted by atomic mass is 9.99. The largest absolute Gasteiger partial charge is 0.497 e. The molecule has 2 aliphatic rings. The van der Waals surface area contributed by atoms with Crippen LogP contribution in [0, 0.1) is 5.92 Å². The molecule has 0 aliphatic carbocycles. The fraction of sp³-hybridized carbons (Fsp3) is 0.458. The van der Waals surface area contributed by atoms with E-state index in [1.807, 2.05) is 7.05 Å². The zero-order chi connectivity index (χ0) is 25.9. The number of anilines is 1. The van der Waals surface area contributed by atoms with E-state index >= 15 is 0 Å². The van der Waals surface area contributed by atoms with Crippen LogP contribution in [-0.4, -0.2) is 89.7 Å². The first-order valence-corrected chi connectivity index (χ1v) is 14.7. The van der Waals surface area contributed by atoms with Crippen molar-refractivity contribution in [3.05, 3.63) is 48.5 Å². The molecule has 2 aliphatic heterocycles. The fourth-order valence-corrected chi connectivity index (χ4v) is 7.35. The lowest BCUT2D eigenvalue weighted by Crippen LogP contribution is -2.47. The van der Waals surface area contributed by atoms with Crippen LogP contribution >= 0.6 is 0 Å². The molecule has 1 N–H and O–H groups in total. The number of sulfonamides is 2. The van der Waals surface area contributed by atoms with Gasteiger partial charge in [0.15, 0.2) is 0 Å². The quantitative estimate of drug-likeness (QED) is 0.572. The van der Waals surface area contributed by atoms with E-state index in [0.717, 1.165) is 0 Å². The van der Waals surface area contributed by atoms with Crippen molar-refractivity contribution in [1.82, 2.24) is 13.5 Å². The number of nitrogens with zero attached hydrogens (tertiary/aromatic N) is 3. The van der Waals surface area contributed by atoms with E-state index in [1.165, 1.54) is 40.0 Å². The van der Waals surface area contributed by atoms with Crippen LogP contribution in [0.25, 0.3) is 0 Å². The second kappa shape index (κ2) is 10.9.